The summed E-state index contributed by atoms with van der Waals surface area (Å²) in [5.41, 5.74) is 0.770. The molecular weight excluding hydrogens is 278 g/mol. The van der Waals surface area contributed by atoms with Crippen LogP contribution in [-0.4, -0.2) is 43.1 Å². The lowest BCUT2D eigenvalue weighted by Gasteiger charge is -2.15. The van der Waals surface area contributed by atoms with Crippen LogP contribution in [0.2, 0.25) is 0 Å². The van der Waals surface area contributed by atoms with Gasteiger partial charge in [-0.15, -0.1) is 0 Å². The second-order valence-electron chi connectivity index (χ2n) is 5.02. The predicted molar refractivity (Wildman–Crippen MR) is 81.4 cm³/mol. The molecule has 0 bridgehead atoms. The van der Waals surface area contributed by atoms with Gasteiger partial charge in [-0.05, 0) is 17.7 Å². The second-order valence-corrected chi connectivity index (χ2v) is 5.51. The highest BCUT2D eigenvalue weighted by Crippen LogP contribution is 2.15. The van der Waals surface area contributed by atoms with E-state index in [1.54, 1.807) is 7.11 Å². The predicted octanol–water partition coefficient (Wildman–Crippen LogP) is 2.18. The van der Waals surface area contributed by atoms with Crippen molar-refractivity contribution in [2.75, 3.05) is 20.3 Å². The molecule has 0 heterocycles. The van der Waals surface area contributed by atoms with Crippen LogP contribution in [0.25, 0.3) is 0 Å². The molecule has 0 amide bonds. The Morgan fingerprint density at radius 1 is 1.25 bits per heavy atom. The molecule has 0 aliphatic carbocycles. The van der Waals surface area contributed by atoms with E-state index >= 15 is 0 Å². The quantitative estimate of drug-likeness (QED) is 0.687. The number of halogens is 1. The van der Waals surface area contributed by atoms with E-state index in [1.165, 1.54) is 0 Å². The summed E-state index contributed by atoms with van der Waals surface area (Å²) in [6.45, 7) is 4.87. The maximum absolute atomic E-state index is 9.74. The Balaban J connectivity index is 2.34. The molecule has 0 aromatic heterocycles. The summed E-state index contributed by atoms with van der Waals surface area (Å²) in [4.78, 5) is 0. The molecule has 1 aromatic carbocycles. The van der Waals surface area contributed by atoms with Gasteiger partial charge in [0.25, 0.3) is 0 Å². The number of nitrogens with one attached hydrogen (secondary N) is 1. The molecule has 0 aliphatic heterocycles. The van der Waals surface area contributed by atoms with Gasteiger partial charge in [0.05, 0.1) is 0 Å². The number of methoxy groups -OCH3 is 1. The van der Waals surface area contributed by atoms with Crippen molar-refractivity contribution in [1.82, 2.24) is 5.32 Å². The van der Waals surface area contributed by atoms with E-state index in [-0.39, 0.29) is 12.2 Å². The topological polar surface area (TPSA) is 50.7 Å². The first-order valence-corrected chi connectivity index (χ1v) is 7.25. The summed E-state index contributed by atoms with van der Waals surface area (Å²) in [5, 5.41) is 12.9. The molecule has 0 saturated heterocycles. The molecule has 0 aliphatic rings. The lowest BCUT2D eigenvalue weighted by Crippen LogP contribution is -2.35. The molecule has 0 fully saturated rings. The highest BCUT2D eigenvalue weighted by atomic mass is 35.5. The number of aliphatic hydroxyl groups is 1. The third kappa shape index (κ3) is 7.10. The van der Waals surface area contributed by atoms with Gasteiger partial charge in [-0.1, -0.05) is 37.6 Å². The molecule has 0 radical (unpaired) electrons. The molecule has 1 rings (SSSR count). The minimum atomic E-state index is -0.516. The van der Waals surface area contributed by atoms with E-state index in [9.17, 15) is 5.11 Å². The fourth-order valence-corrected chi connectivity index (χ4v) is 1.79. The Kier molecular flexibility index (Phi) is 7.92. The van der Waals surface area contributed by atoms with Crippen LogP contribution in [-0.2, 0) is 11.2 Å². The number of benzene rings is 1. The molecule has 2 N–H and O–H groups in total. The molecule has 5 heteroatoms. The standard InChI is InChI=1S/C15H24ClNO3/c1-11(2)17-9-13(18)10-20-14-6-4-12(5-7-14)8-15(16)19-3/h4-7,11,13,15,17-18H,8-10H2,1-3H3. The fourth-order valence-electron chi connectivity index (χ4n) is 1.61. The maximum atomic E-state index is 9.74. The van der Waals surface area contributed by atoms with Gasteiger partial charge < -0.3 is 19.9 Å². The van der Waals surface area contributed by atoms with E-state index in [2.05, 4.69) is 5.32 Å². The Morgan fingerprint density at radius 3 is 2.45 bits per heavy atom. The third-order valence-corrected chi connectivity index (χ3v) is 3.11. The van der Waals surface area contributed by atoms with Crippen molar-refractivity contribution in [3.05, 3.63) is 29.8 Å². The Morgan fingerprint density at radius 2 is 1.90 bits per heavy atom. The lowest BCUT2D eigenvalue weighted by atomic mass is 10.1. The zero-order chi connectivity index (χ0) is 15.0. The zero-order valence-electron chi connectivity index (χ0n) is 12.3. The SMILES string of the molecule is COC(Cl)Cc1ccc(OCC(O)CNC(C)C)cc1. The largest absolute Gasteiger partial charge is 0.491 e. The van der Waals surface area contributed by atoms with Crippen molar-refractivity contribution in [3.8, 4) is 5.75 Å². The zero-order valence-corrected chi connectivity index (χ0v) is 13.1. The summed E-state index contributed by atoms with van der Waals surface area (Å²) in [7, 11) is 1.59. The molecule has 1 aromatic rings. The fraction of sp³-hybridized carbons (Fsp3) is 0.600. The number of ether oxygens (including phenoxy) is 2. The summed E-state index contributed by atoms with van der Waals surface area (Å²) in [5.74, 6) is 0.737. The summed E-state index contributed by atoms with van der Waals surface area (Å²) >= 11 is 5.91. The van der Waals surface area contributed by atoms with Crippen molar-refractivity contribution in [2.45, 2.75) is 38.0 Å². The van der Waals surface area contributed by atoms with Crippen LogP contribution in [0.15, 0.2) is 24.3 Å². The molecule has 2 unspecified atom stereocenters. The molecule has 20 heavy (non-hydrogen) atoms. The minimum absolute atomic E-state index is 0.273. The van der Waals surface area contributed by atoms with Crippen LogP contribution in [0.3, 0.4) is 0 Å². The van der Waals surface area contributed by atoms with Gasteiger partial charge in [0.2, 0.25) is 0 Å². The first kappa shape index (κ1) is 17.2. The summed E-state index contributed by atoms with van der Waals surface area (Å²) < 4.78 is 10.5. The number of hydrogen-bond acceptors (Lipinski definition) is 4. The first-order valence-electron chi connectivity index (χ1n) is 6.81. The Labute approximate surface area is 126 Å². The molecule has 4 nitrogen and oxygen atoms in total. The Hall–Kier alpha value is -0.810. The van der Waals surface area contributed by atoms with E-state index in [0.717, 1.165) is 11.3 Å². The summed E-state index contributed by atoms with van der Waals surface area (Å²) in [6.07, 6.45) is 0.136. The van der Waals surface area contributed by atoms with E-state index in [1.807, 2.05) is 38.1 Å². The molecular formula is C15H24ClNO3. The van der Waals surface area contributed by atoms with Crippen LogP contribution in [0, 0.1) is 0 Å². The van der Waals surface area contributed by atoms with Crippen LogP contribution >= 0.6 is 11.6 Å². The van der Waals surface area contributed by atoms with Crippen LogP contribution in [0.1, 0.15) is 19.4 Å². The van der Waals surface area contributed by atoms with Gasteiger partial charge in [-0.3, -0.25) is 0 Å². The average molecular weight is 302 g/mol. The third-order valence-electron chi connectivity index (χ3n) is 2.78. The molecule has 2 atom stereocenters. The highest BCUT2D eigenvalue weighted by Gasteiger charge is 2.07. The Bertz CT molecular complexity index is 370. The summed E-state index contributed by atoms with van der Waals surface area (Å²) in [6, 6.07) is 7.99. The second kappa shape index (κ2) is 9.19. The number of rotatable bonds is 9. The first-order chi connectivity index (χ1) is 9.51. The highest BCUT2D eigenvalue weighted by molar-refractivity contribution is 6.19. The van der Waals surface area contributed by atoms with Crippen molar-refractivity contribution in [1.29, 1.82) is 0 Å². The van der Waals surface area contributed by atoms with Gasteiger partial charge in [-0.25, -0.2) is 0 Å². The number of hydrogen-bond donors (Lipinski definition) is 2. The lowest BCUT2D eigenvalue weighted by molar-refractivity contribution is 0.104. The number of alkyl halides is 1. The van der Waals surface area contributed by atoms with Crippen LogP contribution in [0.4, 0.5) is 0 Å². The monoisotopic (exact) mass is 301 g/mol. The molecule has 0 saturated carbocycles. The molecule has 114 valence electrons. The van der Waals surface area contributed by atoms with Crippen molar-refractivity contribution >= 4 is 11.6 Å². The minimum Gasteiger partial charge on any atom is -0.491 e. The van der Waals surface area contributed by atoms with Crippen LogP contribution in [0.5, 0.6) is 5.75 Å². The van der Waals surface area contributed by atoms with Crippen molar-refractivity contribution in [3.63, 3.8) is 0 Å². The van der Waals surface area contributed by atoms with Gasteiger partial charge in [0.15, 0.2) is 0 Å². The van der Waals surface area contributed by atoms with Crippen molar-refractivity contribution < 1.29 is 14.6 Å². The van der Waals surface area contributed by atoms with E-state index in [0.29, 0.717) is 19.0 Å². The van der Waals surface area contributed by atoms with Crippen LogP contribution < -0.4 is 10.1 Å². The van der Waals surface area contributed by atoms with Gasteiger partial charge in [-0.2, -0.15) is 0 Å². The smallest absolute Gasteiger partial charge is 0.134 e. The van der Waals surface area contributed by atoms with E-state index < -0.39 is 6.10 Å². The van der Waals surface area contributed by atoms with Crippen molar-refractivity contribution in [2.24, 2.45) is 0 Å². The average Bonchev–Trinajstić information content (AvgIpc) is 2.44. The van der Waals surface area contributed by atoms with E-state index in [4.69, 9.17) is 21.1 Å². The molecule has 0 spiro atoms. The van der Waals surface area contributed by atoms with Gasteiger partial charge in [0.1, 0.15) is 24.0 Å². The maximum Gasteiger partial charge on any atom is 0.134 e. The van der Waals surface area contributed by atoms with Gasteiger partial charge in [0, 0.05) is 26.1 Å². The number of aliphatic hydroxyl groups excluding tert-OH is 1. The van der Waals surface area contributed by atoms with Gasteiger partial charge >= 0.3 is 0 Å². The normalized spacial score (nSPS) is 14.3.